The molecule has 0 spiro atoms. The summed E-state index contributed by atoms with van der Waals surface area (Å²) in [7, 11) is -4.02. The number of nitrogens with zero attached hydrogens (tertiary/aromatic N) is 1. The Balaban J connectivity index is 1.71. The first-order valence-corrected chi connectivity index (χ1v) is 13.7. The lowest BCUT2D eigenvalue weighted by Gasteiger charge is -2.24. The first-order chi connectivity index (χ1) is 17.3. The number of carbonyl (C=O) groups excluding carboxylic acids is 1. The van der Waals surface area contributed by atoms with Gasteiger partial charge in [0.25, 0.3) is 10.0 Å². The summed E-state index contributed by atoms with van der Waals surface area (Å²) in [6.45, 7) is 4.91. The number of carbonyl (C=O) groups is 1. The van der Waals surface area contributed by atoms with Crippen molar-refractivity contribution >= 4 is 33.2 Å². The maximum Gasteiger partial charge on any atom is 0.264 e. The molecule has 0 saturated heterocycles. The van der Waals surface area contributed by atoms with E-state index in [0.717, 1.165) is 22.0 Å². The number of hydrogen-bond acceptors (Lipinski definition) is 5. The quantitative estimate of drug-likeness (QED) is 0.311. The fourth-order valence-electron chi connectivity index (χ4n) is 3.62. The summed E-state index contributed by atoms with van der Waals surface area (Å²) >= 11 is 5.94. The smallest absolute Gasteiger partial charge is 0.264 e. The second-order valence-corrected chi connectivity index (χ2v) is 10.2. The normalized spacial score (nSPS) is 11.1. The van der Waals surface area contributed by atoms with Gasteiger partial charge in [0.05, 0.1) is 23.8 Å². The molecule has 3 aromatic rings. The highest BCUT2D eigenvalue weighted by molar-refractivity contribution is 7.92. The highest BCUT2D eigenvalue weighted by Crippen LogP contribution is 2.26. The molecule has 36 heavy (non-hydrogen) atoms. The van der Waals surface area contributed by atoms with E-state index in [1.165, 1.54) is 24.3 Å². The lowest BCUT2D eigenvalue weighted by molar-refractivity contribution is -0.119. The van der Waals surface area contributed by atoms with Gasteiger partial charge in [-0.3, -0.25) is 9.10 Å². The molecule has 0 aliphatic carbocycles. The molecule has 9 heteroatoms. The molecular weight excluding hydrogens is 500 g/mol. The fraction of sp³-hybridized carbons (Fsp3) is 0.296. The van der Waals surface area contributed by atoms with Crippen molar-refractivity contribution in [3.63, 3.8) is 0 Å². The molecule has 3 aromatic carbocycles. The fourth-order valence-corrected chi connectivity index (χ4v) is 5.17. The van der Waals surface area contributed by atoms with Gasteiger partial charge in [-0.1, -0.05) is 29.8 Å². The van der Waals surface area contributed by atoms with Crippen molar-refractivity contribution in [2.75, 3.05) is 30.6 Å². The molecule has 1 N–H and O–H groups in total. The maximum absolute atomic E-state index is 13.5. The zero-order valence-corrected chi connectivity index (χ0v) is 22.0. The first-order valence-electron chi connectivity index (χ1n) is 11.8. The van der Waals surface area contributed by atoms with Crippen LogP contribution >= 0.6 is 11.6 Å². The van der Waals surface area contributed by atoms with E-state index in [2.05, 4.69) is 5.32 Å². The summed E-state index contributed by atoms with van der Waals surface area (Å²) in [4.78, 5) is 12.9. The molecule has 3 rings (SSSR count). The molecule has 0 aliphatic rings. The molecule has 0 unspecified atom stereocenters. The Morgan fingerprint density at radius 3 is 2.25 bits per heavy atom. The van der Waals surface area contributed by atoms with Crippen LogP contribution in [0, 0.1) is 0 Å². The van der Waals surface area contributed by atoms with E-state index in [4.69, 9.17) is 21.1 Å². The number of nitrogens with one attached hydrogen (secondary N) is 1. The zero-order valence-electron chi connectivity index (χ0n) is 20.4. The summed E-state index contributed by atoms with van der Waals surface area (Å²) in [6.07, 6.45) is 1.41. The molecule has 0 atom stereocenters. The molecule has 192 valence electrons. The number of amides is 1. The van der Waals surface area contributed by atoms with E-state index in [1.807, 2.05) is 38.1 Å². The van der Waals surface area contributed by atoms with Crippen LogP contribution in [0.4, 0.5) is 5.69 Å². The van der Waals surface area contributed by atoms with Crippen LogP contribution in [-0.2, 0) is 21.2 Å². The average molecular weight is 531 g/mol. The molecule has 7 nitrogen and oxygen atoms in total. The van der Waals surface area contributed by atoms with Crippen LogP contribution < -0.4 is 19.1 Å². The average Bonchev–Trinajstić information content (AvgIpc) is 2.87. The first kappa shape index (κ1) is 27.4. The largest absolute Gasteiger partial charge is 0.494 e. The van der Waals surface area contributed by atoms with Gasteiger partial charge in [-0.25, -0.2) is 8.42 Å². The third-order valence-corrected chi connectivity index (χ3v) is 7.38. The molecule has 0 aliphatic heterocycles. The van der Waals surface area contributed by atoms with Crippen LogP contribution in [0.5, 0.6) is 11.5 Å². The van der Waals surface area contributed by atoms with E-state index in [9.17, 15) is 13.2 Å². The predicted molar refractivity (Wildman–Crippen MR) is 143 cm³/mol. The highest BCUT2D eigenvalue weighted by Gasteiger charge is 2.27. The van der Waals surface area contributed by atoms with Crippen LogP contribution in [0.15, 0.2) is 77.7 Å². The van der Waals surface area contributed by atoms with E-state index in [-0.39, 0.29) is 11.4 Å². The molecule has 1 amide bonds. The van der Waals surface area contributed by atoms with Crippen LogP contribution in [-0.4, -0.2) is 40.6 Å². The number of sulfonamides is 1. The van der Waals surface area contributed by atoms with Crippen LogP contribution in [0.3, 0.4) is 0 Å². The Morgan fingerprint density at radius 2 is 1.58 bits per heavy atom. The minimum atomic E-state index is -4.02. The number of rotatable bonds is 13. The molecule has 0 saturated carbocycles. The van der Waals surface area contributed by atoms with Gasteiger partial charge in [0, 0.05) is 11.6 Å². The third kappa shape index (κ3) is 7.38. The van der Waals surface area contributed by atoms with Gasteiger partial charge in [0.2, 0.25) is 5.91 Å². The van der Waals surface area contributed by atoms with Crippen molar-refractivity contribution in [2.45, 2.75) is 31.6 Å². The summed E-state index contributed by atoms with van der Waals surface area (Å²) < 4.78 is 39.1. The Hall–Kier alpha value is -3.23. The van der Waals surface area contributed by atoms with Crippen molar-refractivity contribution in [1.29, 1.82) is 0 Å². The van der Waals surface area contributed by atoms with Gasteiger partial charge in [-0.2, -0.15) is 0 Å². The van der Waals surface area contributed by atoms with Gasteiger partial charge in [0.1, 0.15) is 18.0 Å². The molecule has 0 radical (unpaired) electrons. The second-order valence-electron chi connectivity index (χ2n) is 7.89. The molecule has 0 bridgehead atoms. The molecule has 0 heterocycles. The SMILES string of the molecule is CCOc1ccc(N(CC(=O)NCCCc2ccccc2OCC)S(=O)(=O)c2ccc(Cl)cc2)cc1. The Labute approximate surface area is 218 Å². The minimum absolute atomic E-state index is 0.0427. The van der Waals surface area contributed by atoms with Gasteiger partial charge in [-0.15, -0.1) is 0 Å². The van der Waals surface area contributed by atoms with Gasteiger partial charge in [-0.05, 0) is 86.8 Å². The maximum atomic E-state index is 13.5. The third-order valence-electron chi connectivity index (χ3n) is 5.34. The van der Waals surface area contributed by atoms with Crippen molar-refractivity contribution in [2.24, 2.45) is 0 Å². The number of para-hydroxylation sites is 1. The Morgan fingerprint density at radius 1 is 0.917 bits per heavy atom. The summed E-state index contributed by atoms with van der Waals surface area (Å²) in [5.74, 6) is 1.04. The number of ether oxygens (including phenoxy) is 2. The Bertz CT molecular complexity index is 1230. The van der Waals surface area contributed by atoms with Gasteiger partial charge < -0.3 is 14.8 Å². The molecule has 0 fully saturated rings. The number of hydrogen-bond donors (Lipinski definition) is 1. The summed E-state index contributed by atoms with van der Waals surface area (Å²) in [5.41, 5.74) is 1.42. The van der Waals surface area contributed by atoms with Gasteiger partial charge >= 0.3 is 0 Å². The molecule has 0 aromatic heterocycles. The predicted octanol–water partition coefficient (Wildman–Crippen LogP) is 5.08. The van der Waals surface area contributed by atoms with E-state index >= 15 is 0 Å². The van der Waals surface area contributed by atoms with E-state index < -0.39 is 15.9 Å². The van der Waals surface area contributed by atoms with Crippen molar-refractivity contribution in [3.05, 3.63) is 83.4 Å². The lowest BCUT2D eigenvalue weighted by atomic mass is 10.1. The van der Waals surface area contributed by atoms with Crippen molar-refractivity contribution < 1.29 is 22.7 Å². The van der Waals surface area contributed by atoms with E-state index in [1.54, 1.807) is 24.3 Å². The van der Waals surface area contributed by atoms with Crippen LogP contribution in [0.25, 0.3) is 0 Å². The van der Waals surface area contributed by atoms with Crippen molar-refractivity contribution in [1.82, 2.24) is 5.32 Å². The Kier molecular flexibility index (Phi) is 10.0. The zero-order chi connectivity index (χ0) is 26.0. The standard InChI is InChI=1S/C27H31ClN2O5S/c1-3-34-24-15-13-23(14-16-24)30(36(32,33)25-17-11-22(28)12-18-25)20-27(31)29-19-7-9-21-8-5-6-10-26(21)35-4-2/h5-6,8,10-18H,3-4,7,9,19-20H2,1-2H3,(H,29,31). The van der Waals surface area contributed by atoms with Gasteiger partial charge in [0.15, 0.2) is 0 Å². The number of benzene rings is 3. The minimum Gasteiger partial charge on any atom is -0.494 e. The number of aryl methyl sites for hydroxylation is 1. The van der Waals surface area contributed by atoms with Crippen LogP contribution in [0.1, 0.15) is 25.8 Å². The van der Waals surface area contributed by atoms with Crippen molar-refractivity contribution in [3.8, 4) is 11.5 Å². The number of anilines is 1. The number of halogens is 1. The van der Waals surface area contributed by atoms with E-state index in [0.29, 0.717) is 42.6 Å². The second kappa shape index (κ2) is 13.2. The summed E-state index contributed by atoms with van der Waals surface area (Å²) in [6, 6.07) is 20.3. The monoisotopic (exact) mass is 530 g/mol. The van der Waals surface area contributed by atoms with Crippen LogP contribution in [0.2, 0.25) is 5.02 Å². The summed E-state index contributed by atoms with van der Waals surface area (Å²) in [5, 5.41) is 3.26. The lowest BCUT2D eigenvalue weighted by Crippen LogP contribution is -2.41. The highest BCUT2D eigenvalue weighted by atomic mass is 35.5. The topological polar surface area (TPSA) is 84.9 Å². The molecular formula is C27H31ClN2O5S.